The molecule has 5 heteroatoms. The van der Waals surface area contributed by atoms with E-state index in [0.717, 1.165) is 37.4 Å². The van der Waals surface area contributed by atoms with E-state index in [1.807, 2.05) is 25.4 Å². The lowest BCUT2D eigenvalue weighted by Gasteiger charge is -2.27. The van der Waals surface area contributed by atoms with Crippen LogP contribution in [0, 0.1) is 5.92 Å². The van der Waals surface area contributed by atoms with Crippen LogP contribution >= 0.6 is 23.4 Å². The van der Waals surface area contributed by atoms with Gasteiger partial charge in [-0.05, 0) is 56.3 Å². The van der Waals surface area contributed by atoms with Gasteiger partial charge in [-0.25, -0.2) is 0 Å². The van der Waals surface area contributed by atoms with E-state index in [-0.39, 0.29) is 5.91 Å². The van der Waals surface area contributed by atoms with Gasteiger partial charge in [0.25, 0.3) is 5.91 Å². The molecule has 1 amide bonds. The van der Waals surface area contributed by atoms with E-state index < -0.39 is 0 Å². The van der Waals surface area contributed by atoms with Gasteiger partial charge in [0.15, 0.2) is 0 Å². The Bertz CT molecular complexity index is 475. The molecule has 1 aromatic carbocycles. The van der Waals surface area contributed by atoms with Crippen molar-refractivity contribution >= 4 is 29.3 Å². The molecule has 1 fully saturated rings. The van der Waals surface area contributed by atoms with Gasteiger partial charge in [0.05, 0.1) is 10.6 Å². The van der Waals surface area contributed by atoms with Crippen molar-refractivity contribution in [2.24, 2.45) is 5.92 Å². The average molecular weight is 313 g/mol. The number of carbonyl (C=O) groups is 1. The van der Waals surface area contributed by atoms with Crippen molar-refractivity contribution in [3.05, 3.63) is 28.8 Å². The molecule has 0 aliphatic carbocycles. The number of thioether (sulfide) groups is 1. The van der Waals surface area contributed by atoms with Crippen LogP contribution in [0.25, 0.3) is 0 Å². The maximum atomic E-state index is 12.5. The van der Waals surface area contributed by atoms with Crippen molar-refractivity contribution in [3.8, 4) is 0 Å². The summed E-state index contributed by atoms with van der Waals surface area (Å²) in [5, 5.41) is 3.88. The summed E-state index contributed by atoms with van der Waals surface area (Å²) in [6.07, 6.45) is 4.27. The molecule has 1 saturated heterocycles. The molecule has 0 atom stereocenters. The van der Waals surface area contributed by atoms with Crippen LogP contribution in [-0.4, -0.2) is 43.7 Å². The van der Waals surface area contributed by atoms with Crippen LogP contribution < -0.4 is 5.32 Å². The Morgan fingerprint density at radius 1 is 1.45 bits per heavy atom. The van der Waals surface area contributed by atoms with Gasteiger partial charge < -0.3 is 10.2 Å². The summed E-state index contributed by atoms with van der Waals surface area (Å²) in [7, 11) is 1.87. The van der Waals surface area contributed by atoms with Gasteiger partial charge in [-0.15, -0.1) is 11.8 Å². The lowest BCUT2D eigenvalue weighted by Crippen LogP contribution is -2.37. The van der Waals surface area contributed by atoms with Crippen molar-refractivity contribution in [2.75, 3.05) is 32.9 Å². The van der Waals surface area contributed by atoms with E-state index in [0.29, 0.717) is 16.5 Å². The van der Waals surface area contributed by atoms with Crippen LogP contribution in [0.1, 0.15) is 23.2 Å². The van der Waals surface area contributed by atoms with E-state index in [9.17, 15) is 4.79 Å². The highest BCUT2D eigenvalue weighted by Gasteiger charge is 2.20. The molecule has 0 radical (unpaired) electrons. The second-order valence-electron chi connectivity index (χ2n) is 5.22. The summed E-state index contributed by atoms with van der Waals surface area (Å²) in [6.45, 7) is 2.91. The number of hydrogen-bond donors (Lipinski definition) is 1. The SMILES string of the molecule is CSc1ccc(Cl)c(C(=O)N(C)CC2CCNCC2)c1. The third kappa shape index (κ3) is 3.90. The predicted molar refractivity (Wildman–Crippen MR) is 85.8 cm³/mol. The molecule has 0 bridgehead atoms. The third-order valence-corrected chi connectivity index (χ3v) is 4.80. The van der Waals surface area contributed by atoms with Gasteiger partial charge in [0.1, 0.15) is 0 Å². The van der Waals surface area contributed by atoms with Gasteiger partial charge >= 0.3 is 0 Å². The molecule has 110 valence electrons. The molecule has 0 aromatic heterocycles. The predicted octanol–water partition coefficient (Wildman–Crippen LogP) is 3.13. The molecular weight excluding hydrogens is 292 g/mol. The fourth-order valence-electron chi connectivity index (χ4n) is 2.54. The summed E-state index contributed by atoms with van der Waals surface area (Å²) in [6, 6.07) is 5.63. The summed E-state index contributed by atoms with van der Waals surface area (Å²) < 4.78 is 0. The fraction of sp³-hybridized carbons (Fsp3) is 0.533. The standard InChI is InChI=1S/C15H21ClN2OS/c1-18(10-11-5-7-17-8-6-11)15(19)13-9-12(20-2)3-4-14(13)16/h3-4,9,11,17H,5-8,10H2,1-2H3. The quantitative estimate of drug-likeness (QED) is 0.867. The van der Waals surface area contributed by atoms with Crippen LogP contribution in [0.15, 0.2) is 23.1 Å². The highest BCUT2D eigenvalue weighted by atomic mass is 35.5. The second-order valence-corrected chi connectivity index (χ2v) is 6.51. The van der Waals surface area contributed by atoms with E-state index >= 15 is 0 Å². The van der Waals surface area contributed by atoms with Crippen LogP contribution in [0.4, 0.5) is 0 Å². The van der Waals surface area contributed by atoms with Gasteiger partial charge in [-0.3, -0.25) is 4.79 Å². The summed E-state index contributed by atoms with van der Waals surface area (Å²) >= 11 is 7.79. The summed E-state index contributed by atoms with van der Waals surface area (Å²) in [4.78, 5) is 15.4. The minimum Gasteiger partial charge on any atom is -0.341 e. The average Bonchev–Trinajstić information content (AvgIpc) is 2.48. The molecule has 1 aliphatic heterocycles. The van der Waals surface area contributed by atoms with E-state index in [1.54, 1.807) is 22.7 Å². The summed E-state index contributed by atoms with van der Waals surface area (Å²) in [5.74, 6) is 0.608. The molecular formula is C15H21ClN2OS. The smallest absolute Gasteiger partial charge is 0.255 e. The van der Waals surface area contributed by atoms with Gasteiger partial charge in [-0.1, -0.05) is 11.6 Å². The first-order valence-corrected chi connectivity index (χ1v) is 8.52. The molecule has 3 nitrogen and oxygen atoms in total. The Morgan fingerprint density at radius 3 is 2.80 bits per heavy atom. The van der Waals surface area contributed by atoms with E-state index in [2.05, 4.69) is 5.32 Å². The fourth-order valence-corrected chi connectivity index (χ4v) is 3.17. The Labute approximate surface area is 130 Å². The van der Waals surface area contributed by atoms with Crippen LogP contribution in [-0.2, 0) is 0 Å². The Balaban J connectivity index is 2.05. The normalized spacial score (nSPS) is 16.1. The maximum Gasteiger partial charge on any atom is 0.255 e. The van der Waals surface area contributed by atoms with Crippen molar-refractivity contribution < 1.29 is 4.79 Å². The number of benzene rings is 1. The number of nitrogens with zero attached hydrogens (tertiary/aromatic N) is 1. The zero-order valence-corrected chi connectivity index (χ0v) is 13.6. The molecule has 0 unspecified atom stereocenters. The number of carbonyl (C=O) groups excluding carboxylic acids is 1. The van der Waals surface area contributed by atoms with Crippen LogP contribution in [0.2, 0.25) is 5.02 Å². The molecule has 1 heterocycles. The topological polar surface area (TPSA) is 32.3 Å². The van der Waals surface area contributed by atoms with E-state index in [4.69, 9.17) is 11.6 Å². The first kappa shape index (κ1) is 15.7. The number of piperidine rings is 1. The second kappa shape index (κ2) is 7.34. The minimum atomic E-state index is 0.0180. The molecule has 1 aliphatic rings. The molecule has 20 heavy (non-hydrogen) atoms. The van der Waals surface area contributed by atoms with Crippen molar-refractivity contribution in [3.63, 3.8) is 0 Å². The number of halogens is 1. The van der Waals surface area contributed by atoms with E-state index in [1.165, 1.54) is 0 Å². The van der Waals surface area contributed by atoms with Crippen LogP contribution in [0.3, 0.4) is 0 Å². The number of nitrogens with one attached hydrogen (secondary N) is 1. The van der Waals surface area contributed by atoms with Gasteiger partial charge in [0, 0.05) is 18.5 Å². The number of rotatable bonds is 4. The Kier molecular flexibility index (Phi) is 5.75. The van der Waals surface area contributed by atoms with Crippen molar-refractivity contribution in [1.29, 1.82) is 0 Å². The lowest BCUT2D eigenvalue weighted by molar-refractivity contribution is 0.0762. The lowest BCUT2D eigenvalue weighted by atomic mass is 9.97. The molecule has 2 rings (SSSR count). The zero-order chi connectivity index (χ0) is 14.5. The first-order valence-electron chi connectivity index (χ1n) is 6.91. The van der Waals surface area contributed by atoms with Crippen LogP contribution in [0.5, 0.6) is 0 Å². The summed E-state index contributed by atoms with van der Waals surface area (Å²) in [5.41, 5.74) is 0.606. The zero-order valence-electron chi connectivity index (χ0n) is 12.0. The molecule has 0 spiro atoms. The van der Waals surface area contributed by atoms with Crippen molar-refractivity contribution in [1.82, 2.24) is 10.2 Å². The highest BCUT2D eigenvalue weighted by molar-refractivity contribution is 7.98. The molecule has 1 aromatic rings. The monoisotopic (exact) mass is 312 g/mol. The molecule has 1 N–H and O–H groups in total. The first-order chi connectivity index (χ1) is 9.61. The van der Waals surface area contributed by atoms with Gasteiger partial charge in [0.2, 0.25) is 0 Å². The number of amides is 1. The maximum absolute atomic E-state index is 12.5. The number of hydrogen-bond acceptors (Lipinski definition) is 3. The Morgan fingerprint density at radius 2 is 2.15 bits per heavy atom. The molecule has 0 saturated carbocycles. The minimum absolute atomic E-state index is 0.0180. The van der Waals surface area contributed by atoms with Crippen molar-refractivity contribution in [2.45, 2.75) is 17.7 Å². The largest absolute Gasteiger partial charge is 0.341 e. The highest BCUT2D eigenvalue weighted by Crippen LogP contribution is 2.24. The van der Waals surface area contributed by atoms with Gasteiger partial charge in [-0.2, -0.15) is 0 Å². The third-order valence-electron chi connectivity index (χ3n) is 3.74. The Hall–Kier alpha value is -0.710.